The highest BCUT2D eigenvalue weighted by molar-refractivity contribution is 5.89. The van der Waals surface area contributed by atoms with Gasteiger partial charge in [0.05, 0.1) is 23.3 Å². The first-order valence-corrected chi connectivity index (χ1v) is 15.7. The second-order valence-corrected chi connectivity index (χ2v) is 14.2. The molecule has 0 aromatic heterocycles. The molecular formula is C34H45NO4. The van der Waals surface area contributed by atoms with Crippen molar-refractivity contribution in [1.82, 2.24) is 5.06 Å². The molecule has 1 aromatic rings. The minimum Gasteiger partial charge on any atom is -0.369 e. The van der Waals surface area contributed by atoms with Gasteiger partial charge in [-0.2, -0.15) is 0 Å². The number of hydroxylamine groups is 2. The first kappa shape index (κ1) is 26.0. The third kappa shape index (κ3) is 4.09. The van der Waals surface area contributed by atoms with Crippen molar-refractivity contribution < 1.29 is 19.2 Å². The van der Waals surface area contributed by atoms with Crippen LogP contribution >= 0.6 is 0 Å². The number of piperidine rings is 1. The topological polar surface area (TPSA) is 55.8 Å². The van der Waals surface area contributed by atoms with Gasteiger partial charge in [0.1, 0.15) is 5.78 Å². The van der Waals surface area contributed by atoms with E-state index < -0.39 is 0 Å². The van der Waals surface area contributed by atoms with Crippen LogP contribution in [0.1, 0.15) is 102 Å². The summed E-state index contributed by atoms with van der Waals surface area (Å²) in [6.45, 7) is 8.05. The quantitative estimate of drug-likeness (QED) is 0.388. The number of carbonyl (C=O) groups excluding carboxylic acids is 2. The lowest BCUT2D eigenvalue weighted by Crippen LogP contribution is -2.50. The Morgan fingerprint density at radius 1 is 1.08 bits per heavy atom. The lowest BCUT2D eigenvalue weighted by atomic mass is 9.52. The zero-order valence-corrected chi connectivity index (χ0v) is 24.0. The number of benzene rings is 1. The maximum absolute atomic E-state index is 13.0. The molecule has 2 saturated heterocycles. The fourth-order valence-corrected chi connectivity index (χ4v) is 10.4. The third-order valence-electron chi connectivity index (χ3n) is 12.5. The first-order chi connectivity index (χ1) is 18.8. The monoisotopic (exact) mass is 531 g/mol. The van der Waals surface area contributed by atoms with E-state index in [9.17, 15) is 9.59 Å². The van der Waals surface area contributed by atoms with Crippen LogP contribution in [0.25, 0.3) is 0 Å². The predicted octanol–water partition coefficient (Wildman–Crippen LogP) is 6.92. The molecule has 0 bridgehead atoms. The highest BCUT2D eigenvalue weighted by atomic mass is 16.7. The van der Waals surface area contributed by atoms with Crippen LogP contribution < -0.4 is 0 Å². The summed E-state index contributed by atoms with van der Waals surface area (Å²) in [5.41, 5.74) is 4.07. The third-order valence-corrected chi connectivity index (χ3v) is 12.5. The molecule has 1 aromatic carbocycles. The maximum atomic E-state index is 13.0. The van der Waals surface area contributed by atoms with Crippen LogP contribution in [0.3, 0.4) is 0 Å². The van der Waals surface area contributed by atoms with Crippen molar-refractivity contribution in [2.75, 3.05) is 6.54 Å². The Kier molecular flexibility index (Phi) is 6.35. The van der Waals surface area contributed by atoms with Gasteiger partial charge in [0.2, 0.25) is 0 Å². The molecule has 2 aliphatic heterocycles. The summed E-state index contributed by atoms with van der Waals surface area (Å²) in [6, 6.07) is 9.46. The van der Waals surface area contributed by atoms with Gasteiger partial charge in [0.15, 0.2) is 0 Å². The molecule has 39 heavy (non-hydrogen) atoms. The number of Topliss-reactive ketones (excluding diaryl/α,β-unsaturated/α-hetero) is 1. The Hall–Kier alpha value is -1.98. The summed E-state index contributed by atoms with van der Waals surface area (Å²) >= 11 is 0. The van der Waals surface area contributed by atoms with E-state index in [0.717, 1.165) is 63.3 Å². The largest absolute Gasteiger partial charge is 0.369 e. The van der Waals surface area contributed by atoms with E-state index in [1.165, 1.54) is 25.7 Å². The number of hydrogen-bond donors (Lipinski definition) is 0. The van der Waals surface area contributed by atoms with E-state index in [1.807, 2.05) is 35.4 Å². The second-order valence-electron chi connectivity index (χ2n) is 14.2. The molecule has 4 unspecified atom stereocenters. The molecule has 210 valence electrons. The van der Waals surface area contributed by atoms with Gasteiger partial charge >= 0.3 is 5.97 Å². The van der Waals surface area contributed by atoms with E-state index in [1.54, 1.807) is 11.1 Å². The number of ketones is 1. The lowest BCUT2D eigenvalue weighted by Gasteiger charge is -2.52. The number of allylic oxidation sites excluding steroid dienone is 1. The lowest BCUT2D eigenvalue weighted by molar-refractivity contribution is -0.171. The van der Waals surface area contributed by atoms with Crippen LogP contribution in [0.15, 0.2) is 41.5 Å². The van der Waals surface area contributed by atoms with Crippen molar-refractivity contribution in [3.63, 3.8) is 0 Å². The fourth-order valence-electron chi connectivity index (χ4n) is 10.4. The molecular weight excluding hydrogens is 486 g/mol. The summed E-state index contributed by atoms with van der Waals surface area (Å²) in [7, 11) is 0. The molecule has 5 nitrogen and oxygen atoms in total. The Bertz CT molecular complexity index is 1180. The van der Waals surface area contributed by atoms with Gasteiger partial charge in [-0.05, 0) is 106 Å². The van der Waals surface area contributed by atoms with Crippen LogP contribution in [0.4, 0.5) is 0 Å². The van der Waals surface area contributed by atoms with Gasteiger partial charge in [-0.1, -0.05) is 43.2 Å². The zero-order valence-electron chi connectivity index (χ0n) is 24.0. The van der Waals surface area contributed by atoms with Crippen LogP contribution in [0.2, 0.25) is 0 Å². The van der Waals surface area contributed by atoms with Gasteiger partial charge in [-0.25, -0.2) is 4.79 Å². The highest BCUT2D eigenvalue weighted by Crippen LogP contribution is 2.65. The first-order valence-electron chi connectivity index (χ1n) is 15.7. The Labute approximate surface area is 233 Å². The summed E-state index contributed by atoms with van der Waals surface area (Å²) in [4.78, 5) is 31.3. The molecule has 9 atom stereocenters. The summed E-state index contributed by atoms with van der Waals surface area (Å²) in [6.07, 6.45) is 11.9. The Balaban J connectivity index is 1.12. The van der Waals surface area contributed by atoms with Crippen LogP contribution in [-0.2, 0) is 14.4 Å². The summed E-state index contributed by atoms with van der Waals surface area (Å²) in [5.74, 6) is 3.31. The fraction of sp³-hybridized carbons (Fsp3) is 0.706. The number of nitrogens with zero attached hydrogens (tertiary/aromatic N) is 1. The van der Waals surface area contributed by atoms with Crippen molar-refractivity contribution in [2.45, 2.75) is 109 Å². The van der Waals surface area contributed by atoms with Gasteiger partial charge < -0.3 is 9.57 Å². The van der Waals surface area contributed by atoms with E-state index in [0.29, 0.717) is 34.5 Å². The normalized spacial score (nSPS) is 43.9. The van der Waals surface area contributed by atoms with Crippen molar-refractivity contribution in [2.24, 2.45) is 35.0 Å². The molecule has 3 saturated carbocycles. The van der Waals surface area contributed by atoms with E-state index in [4.69, 9.17) is 9.57 Å². The SMILES string of the molecule is CC1=C2C[C@H]3[C@@H](CCC4CC(=O)CCC43C)C2CC[C@@]2(C1)OC1CCCN(OC(=O)c3ccccc3)[C@H]1[C@H]2C. The molecule has 1 spiro atoms. The number of hydrogen-bond acceptors (Lipinski definition) is 5. The van der Waals surface area contributed by atoms with Crippen LogP contribution in [0.5, 0.6) is 0 Å². The van der Waals surface area contributed by atoms with Crippen molar-refractivity contribution in [3.8, 4) is 0 Å². The van der Waals surface area contributed by atoms with Crippen LogP contribution in [-0.4, -0.2) is 41.1 Å². The number of carbonyl (C=O) groups is 2. The van der Waals surface area contributed by atoms with Gasteiger partial charge in [-0.15, -0.1) is 5.06 Å². The molecule has 0 radical (unpaired) electrons. The molecule has 0 N–H and O–H groups in total. The maximum Gasteiger partial charge on any atom is 0.357 e. The van der Waals surface area contributed by atoms with Gasteiger partial charge in [-0.3, -0.25) is 4.79 Å². The van der Waals surface area contributed by atoms with Crippen LogP contribution in [0, 0.1) is 35.0 Å². The average Bonchev–Trinajstić information content (AvgIpc) is 3.40. The number of fused-ring (bicyclic) bond motifs is 6. The second kappa shape index (κ2) is 9.55. The molecule has 5 heteroatoms. The smallest absolute Gasteiger partial charge is 0.357 e. The van der Waals surface area contributed by atoms with Gasteiger partial charge in [0, 0.05) is 25.3 Å². The van der Waals surface area contributed by atoms with E-state index >= 15 is 0 Å². The average molecular weight is 532 g/mol. The highest BCUT2D eigenvalue weighted by Gasteiger charge is 2.60. The minimum atomic E-state index is -0.266. The molecule has 5 fully saturated rings. The van der Waals surface area contributed by atoms with E-state index in [2.05, 4.69) is 20.8 Å². The molecule has 6 aliphatic rings. The Morgan fingerprint density at radius 3 is 2.72 bits per heavy atom. The summed E-state index contributed by atoms with van der Waals surface area (Å²) < 4.78 is 7.09. The number of rotatable bonds is 2. The van der Waals surface area contributed by atoms with Gasteiger partial charge in [0.25, 0.3) is 0 Å². The molecule has 0 amide bonds. The zero-order chi connectivity index (χ0) is 26.9. The van der Waals surface area contributed by atoms with Crippen molar-refractivity contribution in [1.29, 1.82) is 0 Å². The summed E-state index contributed by atoms with van der Waals surface area (Å²) in [5, 5.41) is 1.97. The predicted molar refractivity (Wildman–Crippen MR) is 150 cm³/mol. The van der Waals surface area contributed by atoms with Crippen molar-refractivity contribution >= 4 is 11.8 Å². The molecule has 7 rings (SSSR count). The standard InChI is InChI=1S/C34H45NO4/c1-21-20-34(16-14-26-27-12-11-24-18-25(36)13-15-33(24,3)29(27)19-28(21)26)22(2)31-30(38-34)10-7-17-35(31)39-32(37)23-8-5-4-6-9-23/h4-6,8-9,22,24,26-27,29-31H,7,10-20H2,1-3H3/t22-,24?,26?,27+,29+,30?,31+,33?,34+/m1/s1. The minimum absolute atomic E-state index is 0.115. The van der Waals surface area contributed by atoms with E-state index in [-0.39, 0.29) is 23.7 Å². The van der Waals surface area contributed by atoms with Crippen molar-refractivity contribution in [3.05, 3.63) is 47.0 Å². The molecule has 4 aliphatic carbocycles. The Morgan fingerprint density at radius 2 is 1.90 bits per heavy atom. The molecule has 2 heterocycles. The number of ether oxygens (including phenoxy) is 1.